The van der Waals surface area contributed by atoms with E-state index in [1.807, 2.05) is 49.3 Å². The van der Waals surface area contributed by atoms with Crippen LogP contribution in [0.15, 0.2) is 60.7 Å². The van der Waals surface area contributed by atoms with Gasteiger partial charge in [0.2, 0.25) is 5.91 Å². The number of rotatable bonds is 8. The molecule has 1 atom stereocenters. The second-order valence-electron chi connectivity index (χ2n) is 9.03. The monoisotopic (exact) mass is 474 g/mol. The standard InChI is InChI=1S/C29H34N2O4/c1-30(2)22-12-9-20(10-13-22)19-31(27-16-15-24(34-4)18-28(27)35-5)29(32)25-8-6-7-21-11-14-23(33-3)17-26(21)25/h9-18,25H,6-8,19H2,1-5H3. The second-order valence-corrected chi connectivity index (χ2v) is 9.03. The van der Waals surface area contributed by atoms with E-state index in [-0.39, 0.29) is 11.8 Å². The molecule has 0 radical (unpaired) electrons. The third-order valence-corrected chi connectivity index (χ3v) is 6.70. The fourth-order valence-electron chi connectivity index (χ4n) is 4.72. The van der Waals surface area contributed by atoms with E-state index in [0.29, 0.717) is 18.0 Å². The minimum Gasteiger partial charge on any atom is -0.497 e. The largest absolute Gasteiger partial charge is 0.497 e. The topological polar surface area (TPSA) is 51.2 Å². The minimum absolute atomic E-state index is 0.0550. The molecule has 3 aromatic carbocycles. The smallest absolute Gasteiger partial charge is 0.234 e. The molecule has 0 saturated carbocycles. The molecule has 184 valence electrons. The average Bonchev–Trinajstić information content (AvgIpc) is 2.90. The van der Waals surface area contributed by atoms with Crippen LogP contribution in [0.1, 0.15) is 35.4 Å². The van der Waals surface area contributed by atoms with Crippen LogP contribution < -0.4 is 24.0 Å². The molecule has 0 heterocycles. The van der Waals surface area contributed by atoms with Gasteiger partial charge in [-0.05, 0) is 72.4 Å². The molecule has 0 saturated heterocycles. The summed E-state index contributed by atoms with van der Waals surface area (Å²) in [6, 6.07) is 20.0. The predicted octanol–water partition coefficient (Wildman–Crippen LogP) is 5.43. The van der Waals surface area contributed by atoms with E-state index < -0.39 is 0 Å². The highest BCUT2D eigenvalue weighted by Gasteiger charge is 2.32. The first-order valence-corrected chi connectivity index (χ1v) is 11.9. The molecule has 0 bridgehead atoms. The van der Waals surface area contributed by atoms with Gasteiger partial charge in [0.25, 0.3) is 0 Å². The van der Waals surface area contributed by atoms with Crippen LogP contribution in [0.4, 0.5) is 11.4 Å². The Bertz CT molecular complexity index is 1170. The van der Waals surface area contributed by atoms with Crippen molar-refractivity contribution in [1.29, 1.82) is 0 Å². The van der Waals surface area contributed by atoms with Crippen LogP contribution in [0.5, 0.6) is 17.2 Å². The van der Waals surface area contributed by atoms with Gasteiger partial charge in [0, 0.05) is 25.8 Å². The number of ether oxygens (including phenoxy) is 3. The molecule has 35 heavy (non-hydrogen) atoms. The van der Waals surface area contributed by atoms with Crippen molar-refractivity contribution in [2.24, 2.45) is 0 Å². The van der Waals surface area contributed by atoms with E-state index in [1.54, 1.807) is 21.3 Å². The molecule has 1 amide bonds. The molecule has 0 aromatic heterocycles. The van der Waals surface area contributed by atoms with Gasteiger partial charge in [-0.15, -0.1) is 0 Å². The summed E-state index contributed by atoms with van der Waals surface area (Å²) >= 11 is 0. The lowest BCUT2D eigenvalue weighted by Crippen LogP contribution is -2.36. The molecule has 1 aliphatic carbocycles. The number of methoxy groups -OCH3 is 3. The molecular weight excluding hydrogens is 440 g/mol. The number of hydrogen-bond acceptors (Lipinski definition) is 5. The number of aryl methyl sites for hydroxylation is 1. The zero-order valence-corrected chi connectivity index (χ0v) is 21.2. The molecule has 6 nitrogen and oxygen atoms in total. The van der Waals surface area contributed by atoms with E-state index in [2.05, 4.69) is 35.2 Å². The summed E-state index contributed by atoms with van der Waals surface area (Å²) in [4.78, 5) is 18.2. The van der Waals surface area contributed by atoms with Gasteiger partial charge in [-0.1, -0.05) is 18.2 Å². The van der Waals surface area contributed by atoms with Gasteiger partial charge in [0.15, 0.2) is 0 Å². The molecule has 0 fully saturated rings. The zero-order chi connectivity index (χ0) is 24.9. The van der Waals surface area contributed by atoms with Crippen molar-refractivity contribution in [3.05, 3.63) is 77.4 Å². The molecule has 0 spiro atoms. The Labute approximate surface area is 208 Å². The van der Waals surface area contributed by atoms with Crippen molar-refractivity contribution < 1.29 is 19.0 Å². The van der Waals surface area contributed by atoms with E-state index >= 15 is 0 Å². The normalized spacial score (nSPS) is 14.6. The first-order valence-electron chi connectivity index (χ1n) is 11.9. The van der Waals surface area contributed by atoms with Crippen molar-refractivity contribution in [3.8, 4) is 17.2 Å². The number of amides is 1. The molecular formula is C29H34N2O4. The summed E-state index contributed by atoms with van der Waals surface area (Å²) in [5.41, 5.74) is 5.16. The number of nitrogens with zero attached hydrogens (tertiary/aromatic N) is 2. The lowest BCUT2D eigenvalue weighted by atomic mass is 9.81. The lowest BCUT2D eigenvalue weighted by Gasteiger charge is -2.32. The van der Waals surface area contributed by atoms with Crippen LogP contribution in [0.3, 0.4) is 0 Å². The number of anilines is 2. The highest BCUT2D eigenvalue weighted by atomic mass is 16.5. The number of benzene rings is 3. The van der Waals surface area contributed by atoms with Crippen molar-refractivity contribution in [2.45, 2.75) is 31.7 Å². The molecule has 4 rings (SSSR count). The molecule has 1 aliphatic rings. The molecule has 0 aliphatic heterocycles. The quantitative estimate of drug-likeness (QED) is 0.436. The molecule has 1 unspecified atom stereocenters. The van der Waals surface area contributed by atoms with Gasteiger partial charge < -0.3 is 24.0 Å². The Balaban J connectivity index is 1.76. The van der Waals surface area contributed by atoms with Gasteiger partial charge in [-0.2, -0.15) is 0 Å². The van der Waals surface area contributed by atoms with Crippen molar-refractivity contribution in [3.63, 3.8) is 0 Å². The zero-order valence-electron chi connectivity index (χ0n) is 21.2. The third-order valence-electron chi connectivity index (χ3n) is 6.70. The summed E-state index contributed by atoms with van der Waals surface area (Å²) in [7, 11) is 8.93. The highest BCUT2D eigenvalue weighted by Crippen LogP contribution is 2.39. The van der Waals surface area contributed by atoms with Crippen LogP contribution in [0.2, 0.25) is 0 Å². The number of fused-ring (bicyclic) bond motifs is 1. The van der Waals surface area contributed by atoms with Gasteiger partial charge >= 0.3 is 0 Å². The van der Waals surface area contributed by atoms with Crippen molar-refractivity contribution in [2.75, 3.05) is 45.2 Å². The Hall–Kier alpha value is -3.67. The molecule has 0 N–H and O–H groups in total. The van der Waals surface area contributed by atoms with E-state index in [4.69, 9.17) is 14.2 Å². The number of carbonyl (C=O) groups is 1. The van der Waals surface area contributed by atoms with Crippen LogP contribution in [0.25, 0.3) is 0 Å². The van der Waals surface area contributed by atoms with Crippen molar-refractivity contribution in [1.82, 2.24) is 0 Å². The second kappa shape index (κ2) is 10.7. The van der Waals surface area contributed by atoms with Gasteiger partial charge in [0.1, 0.15) is 17.2 Å². The summed E-state index contributed by atoms with van der Waals surface area (Å²) in [6.45, 7) is 0.436. The fourth-order valence-corrected chi connectivity index (χ4v) is 4.72. The van der Waals surface area contributed by atoms with Crippen LogP contribution in [-0.2, 0) is 17.8 Å². The maximum Gasteiger partial charge on any atom is 0.234 e. The molecule has 3 aromatic rings. The molecule has 6 heteroatoms. The SMILES string of the molecule is COc1ccc(N(Cc2ccc(N(C)C)cc2)C(=O)C2CCCc3ccc(OC)cc32)c(OC)c1. The lowest BCUT2D eigenvalue weighted by molar-refractivity contribution is -0.120. The van der Waals surface area contributed by atoms with E-state index in [9.17, 15) is 4.79 Å². The van der Waals surface area contributed by atoms with Crippen LogP contribution >= 0.6 is 0 Å². The van der Waals surface area contributed by atoms with Gasteiger partial charge in [-0.25, -0.2) is 0 Å². The first kappa shape index (κ1) is 24.5. The summed E-state index contributed by atoms with van der Waals surface area (Å²) in [5.74, 6) is 1.86. The van der Waals surface area contributed by atoms with E-state index in [0.717, 1.165) is 47.5 Å². The first-order chi connectivity index (χ1) is 16.9. The predicted molar refractivity (Wildman–Crippen MR) is 140 cm³/mol. The summed E-state index contributed by atoms with van der Waals surface area (Å²) < 4.78 is 16.6. The summed E-state index contributed by atoms with van der Waals surface area (Å²) in [6.07, 6.45) is 2.75. The van der Waals surface area contributed by atoms with Crippen molar-refractivity contribution >= 4 is 17.3 Å². The van der Waals surface area contributed by atoms with Gasteiger partial charge in [0.05, 0.1) is 39.5 Å². The number of carbonyl (C=O) groups excluding carboxylic acids is 1. The maximum atomic E-state index is 14.3. The Kier molecular flexibility index (Phi) is 7.49. The third kappa shape index (κ3) is 5.21. The average molecular weight is 475 g/mol. The fraction of sp³-hybridized carbons (Fsp3) is 0.345. The van der Waals surface area contributed by atoms with Crippen LogP contribution in [-0.4, -0.2) is 41.3 Å². The van der Waals surface area contributed by atoms with E-state index in [1.165, 1.54) is 5.56 Å². The van der Waals surface area contributed by atoms with Crippen LogP contribution in [0, 0.1) is 0 Å². The maximum absolute atomic E-state index is 14.3. The highest BCUT2D eigenvalue weighted by molar-refractivity contribution is 5.99. The number of hydrogen-bond donors (Lipinski definition) is 0. The van der Waals surface area contributed by atoms with Gasteiger partial charge in [-0.3, -0.25) is 4.79 Å². The Morgan fingerprint density at radius 3 is 2.23 bits per heavy atom. The minimum atomic E-state index is -0.248. The summed E-state index contributed by atoms with van der Waals surface area (Å²) in [5, 5.41) is 0. The Morgan fingerprint density at radius 1 is 0.886 bits per heavy atom. The Morgan fingerprint density at radius 2 is 1.57 bits per heavy atom.